The summed E-state index contributed by atoms with van der Waals surface area (Å²) in [6, 6.07) is 4.30. The molecule has 0 radical (unpaired) electrons. The highest BCUT2D eigenvalue weighted by atomic mass is 32.2. The number of benzene rings is 1. The Balaban J connectivity index is 2.07. The van der Waals surface area contributed by atoms with E-state index in [9.17, 15) is 17.6 Å². The van der Waals surface area contributed by atoms with Crippen molar-refractivity contribution < 1.29 is 26.8 Å². The first-order valence-electron chi connectivity index (χ1n) is 7.76. The number of aromatic nitrogens is 2. The van der Waals surface area contributed by atoms with Gasteiger partial charge in [-0.15, -0.1) is 5.10 Å². The van der Waals surface area contributed by atoms with Crippen molar-refractivity contribution in [2.45, 2.75) is 50.3 Å². The Morgan fingerprint density at radius 3 is 2.46 bits per heavy atom. The normalized spacial score (nSPS) is 13.3. The quantitative estimate of drug-likeness (QED) is 0.842. The molecule has 8 nitrogen and oxygen atoms in total. The summed E-state index contributed by atoms with van der Waals surface area (Å²) in [5, 5.41) is 9.10. The summed E-state index contributed by atoms with van der Waals surface area (Å²) in [7, 11) is -3.90. The highest BCUT2D eigenvalue weighted by Crippen LogP contribution is 2.19. The van der Waals surface area contributed by atoms with Gasteiger partial charge in [0.25, 0.3) is 0 Å². The van der Waals surface area contributed by atoms with Gasteiger partial charge in [0.15, 0.2) is 0 Å². The van der Waals surface area contributed by atoms with Crippen molar-refractivity contribution in [3.63, 3.8) is 0 Å². The Labute approximate surface area is 150 Å². The second-order valence-electron chi connectivity index (χ2n) is 6.66. The van der Waals surface area contributed by atoms with Crippen LogP contribution in [-0.4, -0.2) is 30.3 Å². The van der Waals surface area contributed by atoms with Crippen LogP contribution in [0.5, 0.6) is 0 Å². The largest absolute Gasteiger partial charge is 0.444 e. The summed E-state index contributed by atoms with van der Waals surface area (Å²) in [4.78, 5) is 11.7. The van der Waals surface area contributed by atoms with Crippen LogP contribution in [0, 0.1) is 5.82 Å². The van der Waals surface area contributed by atoms with Gasteiger partial charge in [0.1, 0.15) is 17.5 Å². The lowest BCUT2D eigenvalue weighted by Crippen LogP contribution is -2.34. The van der Waals surface area contributed by atoms with Gasteiger partial charge in [0.05, 0.1) is 5.75 Å². The number of nitrogens with one attached hydrogen (secondary N) is 1. The first-order chi connectivity index (χ1) is 12.0. The average molecular weight is 385 g/mol. The Hall–Kier alpha value is -2.49. The third kappa shape index (κ3) is 5.51. The van der Waals surface area contributed by atoms with Crippen molar-refractivity contribution in [3.05, 3.63) is 41.5 Å². The predicted octanol–water partition coefficient (Wildman–Crippen LogP) is 2.77. The third-order valence-corrected chi connectivity index (χ3v) is 4.47. The van der Waals surface area contributed by atoms with E-state index >= 15 is 0 Å². The number of halogens is 1. The van der Waals surface area contributed by atoms with E-state index in [2.05, 4.69) is 15.5 Å². The van der Waals surface area contributed by atoms with E-state index in [1.165, 1.54) is 12.1 Å². The molecular formula is C16H20FN3O5S. The van der Waals surface area contributed by atoms with E-state index in [1.807, 2.05) is 0 Å². The molecule has 26 heavy (non-hydrogen) atoms. The van der Waals surface area contributed by atoms with Gasteiger partial charge >= 0.3 is 11.3 Å². The van der Waals surface area contributed by atoms with Crippen molar-refractivity contribution in [2.24, 2.45) is 0 Å². The van der Waals surface area contributed by atoms with Gasteiger partial charge in [0.2, 0.25) is 15.7 Å². The Bertz CT molecular complexity index is 872. The molecule has 0 fully saturated rings. The monoisotopic (exact) mass is 385 g/mol. The third-order valence-electron chi connectivity index (χ3n) is 3.06. The molecule has 0 aliphatic rings. The van der Waals surface area contributed by atoms with Gasteiger partial charge in [-0.1, -0.05) is 17.2 Å². The molecule has 2 aromatic rings. The van der Waals surface area contributed by atoms with Crippen molar-refractivity contribution in [3.8, 4) is 0 Å². The minimum absolute atomic E-state index is 0.0754. The number of hydrogen-bond donors (Lipinski definition) is 1. The lowest BCUT2D eigenvalue weighted by atomic mass is 10.2. The minimum Gasteiger partial charge on any atom is -0.444 e. The molecule has 0 saturated heterocycles. The van der Waals surface area contributed by atoms with Crippen LogP contribution in [0.15, 0.2) is 33.9 Å². The molecule has 142 valence electrons. The first-order valence-corrected chi connectivity index (χ1v) is 9.41. The summed E-state index contributed by atoms with van der Waals surface area (Å²) in [5.41, 5.74) is -0.298. The molecule has 0 saturated carbocycles. The Kier molecular flexibility index (Phi) is 5.65. The number of carbonyl (C=O) groups excluding carboxylic acids is 1. The number of hydrogen-bond acceptors (Lipinski definition) is 7. The maximum absolute atomic E-state index is 12.9. The highest BCUT2D eigenvalue weighted by molar-refractivity contribution is 7.90. The fraction of sp³-hybridized carbons (Fsp3) is 0.438. The molecule has 0 aliphatic carbocycles. The van der Waals surface area contributed by atoms with Crippen LogP contribution in [0.25, 0.3) is 0 Å². The Morgan fingerprint density at radius 2 is 1.88 bits per heavy atom. The van der Waals surface area contributed by atoms with Crippen LogP contribution in [0.1, 0.15) is 45.2 Å². The first kappa shape index (κ1) is 19.8. The van der Waals surface area contributed by atoms with Gasteiger partial charge in [-0.25, -0.2) is 17.6 Å². The van der Waals surface area contributed by atoms with Gasteiger partial charge in [-0.3, -0.25) is 0 Å². The molecule has 1 aromatic heterocycles. The lowest BCUT2D eigenvalue weighted by molar-refractivity contribution is 0.0500. The molecule has 1 amide bonds. The number of sulfone groups is 1. The second-order valence-corrected chi connectivity index (χ2v) is 8.53. The van der Waals surface area contributed by atoms with Gasteiger partial charge in [-0.2, -0.15) is 0 Å². The topological polar surface area (TPSA) is 111 Å². The van der Waals surface area contributed by atoms with E-state index in [1.54, 1.807) is 27.7 Å². The van der Waals surface area contributed by atoms with E-state index in [0.717, 1.165) is 12.1 Å². The number of nitrogens with zero attached hydrogens (tertiary/aromatic N) is 2. The number of alkyl carbamates (subject to hydrolysis) is 1. The van der Waals surface area contributed by atoms with Crippen LogP contribution in [0.3, 0.4) is 0 Å². The summed E-state index contributed by atoms with van der Waals surface area (Å²) in [6.45, 7) is 6.69. The maximum Gasteiger partial charge on any atom is 0.408 e. The molecule has 0 spiro atoms. The van der Waals surface area contributed by atoms with Crippen LogP contribution < -0.4 is 5.32 Å². The van der Waals surface area contributed by atoms with E-state index in [4.69, 9.17) is 9.15 Å². The van der Waals surface area contributed by atoms with Crippen LogP contribution in [0.2, 0.25) is 0 Å². The number of carbonyl (C=O) groups is 1. The minimum atomic E-state index is -3.90. The van der Waals surface area contributed by atoms with Crippen molar-refractivity contribution in [2.75, 3.05) is 0 Å². The zero-order chi connectivity index (χ0) is 19.5. The van der Waals surface area contributed by atoms with Crippen LogP contribution in [0.4, 0.5) is 9.18 Å². The average Bonchev–Trinajstić information content (AvgIpc) is 2.98. The summed E-state index contributed by atoms with van der Waals surface area (Å²) < 4.78 is 47.9. The lowest BCUT2D eigenvalue weighted by Gasteiger charge is -2.20. The fourth-order valence-corrected chi connectivity index (χ4v) is 3.06. The van der Waals surface area contributed by atoms with Gasteiger partial charge in [0, 0.05) is 0 Å². The molecule has 0 bridgehead atoms. The summed E-state index contributed by atoms with van der Waals surface area (Å²) >= 11 is 0. The number of rotatable bonds is 5. The zero-order valence-electron chi connectivity index (χ0n) is 14.8. The second kappa shape index (κ2) is 7.40. The standard InChI is InChI=1S/C16H20FN3O5S/c1-10(18-14(21)25-16(2,3)4)13-19-20-15(24-13)26(22,23)9-11-5-7-12(17)8-6-11/h5-8,10H,9H2,1-4H3,(H,18,21). The van der Waals surface area contributed by atoms with Crippen molar-refractivity contribution in [1.82, 2.24) is 15.5 Å². The van der Waals surface area contributed by atoms with Crippen molar-refractivity contribution in [1.29, 1.82) is 0 Å². The molecule has 1 unspecified atom stereocenters. The maximum atomic E-state index is 12.9. The highest BCUT2D eigenvalue weighted by Gasteiger charge is 2.26. The predicted molar refractivity (Wildman–Crippen MR) is 89.4 cm³/mol. The molecule has 1 aromatic carbocycles. The van der Waals surface area contributed by atoms with Crippen LogP contribution >= 0.6 is 0 Å². The zero-order valence-corrected chi connectivity index (χ0v) is 15.6. The molecule has 10 heteroatoms. The van der Waals surface area contributed by atoms with Gasteiger partial charge in [-0.05, 0) is 45.4 Å². The van der Waals surface area contributed by atoms with Crippen molar-refractivity contribution >= 4 is 15.9 Å². The summed E-state index contributed by atoms with van der Waals surface area (Å²) in [6.07, 6.45) is -0.695. The molecule has 1 atom stereocenters. The Morgan fingerprint density at radius 1 is 1.27 bits per heavy atom. The molecule has 1 N–H and O–H groups in total. The van der Waals surface area contributed by atoms with E-state index in [-0.39, 0.29) is 5.89 Å². The number of amides is 1. The fourth-order valence-electron chi connectivity index (χ4n) is 1.93. The van der Waals surface area contributed by atoms with E-state index < -0.39 is 44.4 Å². The smallest absolute Gasteiger partial charge is 0.408 e. The van der Waals surface area contributed by atoms with Gasteiger partial charge < -0.3 is 14.5 Å². The van der Waals surface area contributed by atoms with E-state index in [0.29, 0.717) is 5.56 Å². The molecule has 1 heterocycles. The summed E-state index contributed by atoms with van der Waals surface area (Å²) in [5.74, 6) is -0.954. The number of ether oxygens (including phenoxy) is 1. The van der Waals surface area contributed by atoms with Crippen LogP contribution in [-0.2, 0) is 20.3 Å². The molecule has 0 aliphatic heterocycles. The molecular weight excluding hydrogens is 365 g/mol. The SMILES string of the molecule is CC(NC(=O)OC(C)(C)C)c1nnc(S(=O)(=O)Cc2ccc(F)cc2)o1. The molecule has 2 rings (SSSR count).